The van der Waals surface area contributed by atoms with E-state index in [1.807, 2.05) is 0 Å². The van der Waals surface area contributed by atoms with Crippen molar-refractivity contribution < 1.29 is 26.7 Å². The number of nitrogens with zero attached hydrogens (tertiary/aromatic N) is 3. The number of imidazole rings is 1. The number of alkyl halides is 3. The molecule has 3 aromatic carbocycles. The van der Waals surface area contributed by atoms with Gasteiger partial charge in [-0.05, 0) is 30.7 Å². The minimum atomic E-state index is -5.10. The molecule has 39 heavy (non-hydrogen) atoms. The van der Waals surface area contributed by atoms with Crippen LogP contribution in [0.3, 0.4) is 0 Å². The van der Waals surface area contributed by atoms with Crippen LogP contribution < -0.4 is 10.6 Å². The number of benzene rings is 3. The predicted octanol–water partition coefficient (Wildman–Crippen LogP) is 5.54. The first-order chi connectivity index (χ1) is 18.4. The first-order valence-corrected chi connectivity index (χ1v) is 11.9. The highest BCUT2D eigenvalue weighted by Crippen LogP contribution is 2.41. The molecule has 4 aromatic rings. The van der Waals surface area contributed by atoms with Crippen LogP contribution in [0.1, 0.15) is 30.0 Å². The number of aromatic nitrogens is 2. The second kappa shape index (κ2) is 9.37. The molecule has 1 aliphatic heterocycles. The van der Waals surface area contributed by atoms with Crippen LogP contribution in [0.2, 0.25) is 0 Å². The molecule has 7 nitrogen and oxygen atoms in total. The number of rotatable bonds is 5. The van der Waals surface area contributed by atoms with Gasteiger partial charge in [-0.3, -0.25) is 19.7 Å². The second-order valence-electron chi connectivity index (χ2n) is 9.47. The fourth-order valence-electron chi connectivity index (χ4n) is 4.76. The molecule has 1 saturated heterocycles. The van der Waals surface area contributed by atoms with Crippen molar-refractivity contribution in [2.75, 3.05) is 12.4 Å². The highest BCUT2D eigenvalue weighted by Gasteiger charge is 2.42. The quantitative estimate of drug-likeness (QED) is 0.289. The van der Waals surface area contributed by atoms with Crippen LogP contribution in [0.4, 0.5) is 27.9 Å². The van der Waals surface area contributed by atoms with E-state index in [1.165, 1.54) is 32.2 Å². The molecule has 0 radical (unpaired) electrons. The van der Waals surface area contributed by atoms with Crippen molar-refractivity contribution in [3.05, 3.63) is 89.0 Å². The van der Waals surface area contributed by atoms with Gasteiger partial charge in [0.05, 0.1) is 28.7 Å². The molecule has 5 rings (SSSR count). The van der Waals surface area contributed by atoms with Crippen molar-refractivity contribution >= 4 is 28.8 Å². The zero-order valence-electron chi connectivity index (χ0n) is 20.8. The Hall–Kier alpha value is -4.48. The maximum atomic E-state index is 16.3. The summed E-state index contributed by atoms with van der Waals surface area (Å²) in [6.07, 6.45) is -5.31. The number of nitrogens with one attached hydrogen (secondary N) is 3. The van der Waals surface area contributed by atoms with E-state index in [9.17, 15) is 22.4 Å². The van der Waals surface area contributed by atoms with Gasteiger partial charge in [-0.2, -0.15) is 13.2 Å². The molecular weight excluding hydrogens is 519 g/mol. The van der Waals surface area contributed by atoms with E-state index in [2.05, 4.69) is 15.6 Å². The summed E-state index contributed by atoms with van der Waals surface area (Å²) in [7, 11) is 1.40. The minimum absolute atomic E-state index is 0.0491. The number of hydrogen-bond acceptors (Lipinski definition) is 4. The standard InChI is InChI=1S/C27H23F5N6O/c1-26(13-20(39)37(2)24(33)36-26)16-9-6-10-19(22(16)29)38-23-18(12-11-17(28)21(23)27(30,31)32)35-25(38)34-14-15-7-4-3-5-8-15/h3-12H,13-14H2,1-2H3,(H2,33,36)(H,34,35)/t26-/m0/s1. The Bertz CT molecular complexity index is 1580. The Balaban J connectivity index is 1.73. The van der Waals surface area contributed by atoms with E-state index in [0.717, 1.165) is 21.1 Å². The van der Waals surface area contributed by atoms with E-state index >= 15 is 4.39 Å². The molecule has 1 aromatic heterocycles. The smallest absolute Gasteiger partial charge is 0.351 e. The third-order valence-electron chi connectivity index (χ3n) is 6.77. The van der Waals surface area contributed by atoms with Crippen LogP contribution >= 0.6 is 0 Å². The molecule has 0 saturated carbocycles. The zero-order valence-corrected chi connectivity index (χ0v) is 20.8. The van der Waals surface area contributed by atoms with Crippen molar-refractivity contribution in [2.24, 2.45) is 0 Å². The monoisotopic (exact) mass is 542 g/mol. The lowest BCUT2D eigenvalue weighted by Crippen LogP contribution is -2.58. The van der Waals surface area contributed by atoms with Crippen LogP contribution in [0.5, 0.6) is 0 Å². The van der Waals surface area contributed by atoms with Crippen LogP contribution in [0.25, 0.3) is 16.7 Å². The van der Waals surface area contributed by atoms with Crippen LogP contribution in [-0.4, -0.2) is 33.4 Å². The number of fused-ring (bicyclic) bond motifs is 1. The zero-order chi connectivity index (χ0) is 28.1. The van der Waals surface area contributed by atoms with Crippen molar-refractivity contribution in [1.82, 2.24) is 19.8 Å². The first kappa shape index (κ1) is 26.1. The third-order valence-corrected chi connectivity index (χ3v) is 6.77. The number of halogens is 5. The summed E-state index contributed by atoms with van der Waals surface area (Å²) in [5.41, 5.74) is -3.38. The van der Waals surface area contributed by atoms with Gasteiger partial charge in [-0.25, -0.2) is 13.8 Å². The number of carbonyl (C=O) groups excluding carboxylic acids is 1. The molecule has 0 aliphatic carbocycles. The lowest BCUT2D eigenvalue weighted by Gasteiger charge is -2.39. The minimum Gasteiger partial charge on any atom is -0.351 e. The van der Waals surface area contributed by atoms with E-state index < -0.39 is 40.3 Å². The van der Waals surface area contributed by atoms with Crippen LogP contribution in [0.15, 0.2) is 60.7 Å². The van der Waals surface area contributed by atoms with Crippen molar-refractivity contribution in [2.45, 2.75) is 31.6 Å². The van der Waals surface area contributed by atoms with Gasteiger partial charge in [0, 0.05) is 19.2 Å². The molecule has 1 fully saturated rings. The van der Waals surface area contributed by atoms with Gasteiger partial charge >= 0.3 is 6.18 Å². The van der Waals surface area contributed by atoms with E-state index in [4.69, 9.17) is 5.41 Å². The normalized spacial score (nSPS) is 18.0. The molecule has 1 atom stereocenters. The average molecular weight is 543 g/mol. The van der Waals surface area contributed by atoms with Gasteiger partial charge < -0.3 is 10.6 Å². The van der Waals surface area contributed by atoms with E-state index in [-0.39, 0.29) is 41.6 Å². The van der Waals surface area contributed by atoms with E-state index in [1.54, 1.807) is 30.3 Å². The summed E-state index contributed by atoms with van der Waals surface area (Å²) in [5.74, 6) is -3.29. The van der Waals surface area contributed by atoms with Gasteiger partial charge in [0.1, 0.15) is 11.4 Å². The average Bonchev–Trinajstić information content (AvgIpc) is 3.23. The summed E-state index contributed by atoms with van der Waals surface area (Å²) in [5, 5.41) is 13.8. The summed E-state index contributed by atoms with van der Waals surface area (Å²) >= 11 is 0. The number of anilines is 1. The SMILES string of the molecule is CN1C(=N)N[C@](C)(c2cccc(-n3c(NCc4ccccc4)nc4ccc(F)c(C(F)(F)F)c43)c2F)CC1=O. The number of carbonyl (C=O) groups is 1. The van der Waals surface area contributed by atoms with Gasteiger partial charge in [0.2, 0.25) is 11.9 Å². The Morgan fingerprint density at radius 1 is 1.08 bits per heavy atom. The first-order valence-electron chi connectivity index (χ1n) is 11.9. The highest BCUT2D eigenvalue weighted by atomic mass is 19.4. The largest absolute Gasteiger partial charge is 0.421 e. The third kappa shape index (κ3) is 4.55. The second-order valence-corrected chi connectivity index (χ2v) is 9.47. The highest BCUT2D eigenvalue weighted by molar-refractivity contribution is 5.99. The molecule has 12 heteroatoms. The molecule has 0 bridgehead atoms. The Kier molecular flexibility index (Phi) is 6.28. The summed E-state index contributed by atoms with van der Waals surface area (Å²) in [6, 6.07) is 14.8. The van der Waals surface area contributed by atoms with Crippen molar-refractivity contribution in [3.8, 4) is 5.69 Å². The molecule has 202 valence electrons. The Morgan fingerprint density at radius 2 is 1.79 bits per heavy atom. The van der Waals surface area contributed by atoms with Gasteiger partial charge in [0.15, 0.2) is 11.8 Å². The van der Waals surface area contributed by atoms with Crippen molar-refractivity contribution in [1.29, 1.82) is 5.41 Å². The van der Waals surface area contributed by atoms with Gasteiger partial charge in [-0.15, -0.1) is 0 Å². The number of hydrogen-bond donors (Lipinski definition) is 3. The Labute approximate surface area is 219 Å². The number of guanidine groups is 1. The molecule has 2 heterocycles. The Morgan fingerprint density at radius 3 is 2.46 bits per heavy atom. The van der Waals surface area contributed by atoms with Crippen molar-refractivity contribution in [3.63, 3.8) is 0 Å². The van der Waals surface area contributed by atoms with Crippen LogP contribution in [0, 0.1) is 17.0 Å². The van der Waals surface area contributed by atoms with Gasteiger partial charge in [-0.1, -0.05) is 42.5 Å². The molecule has 0 unspecified atom stereocenters. The maximum Gasteiger partial charge on any atom is 0.421 e. The fraction of sp³-hybridized carbons (Fsp3) is 0.222. The number of amides is 1. The molecule has 1 amide bonds. The van der Waals surface area contributed by atoms with E-state index in [0.29, 0.717) is 6.07 Å². The van der Waals surface area contributed by atoms with Gasteiger partial charge in [0.25, 0.3) is 0 Å². The summed E-state index contributed by atoms with van der Waals surface area (Å²) in [4.78, 5) is 17.8. The fourth-order valence-corrected chi connectivity index (χ4v) is 4.76. The topological polar surface area (TPSA) is 86.0 Å². The lowest BCUT2D eigenvalue weighted by atomic mass is 9.86. The summed E-state index contributed by atoms with van der Waals surface area (Å²) < 4.78 is 74.3. The lowest BCUT2D eigenvalue weighted by molar-refractivity contribution is -0.138. The molecular formula is C27H23F5N6O. The molecule has 1 aliphatic rings. The maximum absolute atomic E-state index is 16.3. The summed E-state index contributed by atoms with van der Waals surface area (Å²) in [6.45, 7) is 1.67. The molecule has 0 spiro atoms. The molecule has 3 N–H and O–H groups in total. The predicted molar refractivity (Wildman–Crippen MR) is 135 cm³/mol. The van der Waals surface area contributed by atoms with Crippen LogP contribution in [-0.2, 0) is 23.1 Å².